The van der Waals surface area contributed by atoms with Crippen LogP contribution >= 0.6 is 0 Å². The Hall–Kier alpha value is -2.04. The Balaban J connectivity index is 1.62. The normalized spacial score (nSPS) is 16.5. The first kappa shape index (κ1) is 16.8. The molecule has 0 heterocycles. The van der Waals surface area contributed by atoms with Crippen LogP contribution in [0.5, 0.6) is 11.5 Å². The fourth-order valence-electron chi connectivity index (χ4n) is 2.98. The number of aliphatic hydroxyl groups is 1. The van der Waals surface area contributed by atoms with Gasteiger partial charge < -0.3 is 19.9 Å². The van der Waals surface area contributed by atoms with Gasteiger partial charge in [-0.25, -0.2) is 0 Å². The molecule has 3 rings (SSSR count). The average Bonchev–Trinajstić information content (AvgIpc) is 3.47. The Morgan fingerprint density at radius 3 is 1.88 bits per heavy atom. The minimum atomic E-state index is -0.532. The van der Waals surface area contributed by atoms with E-state index in [0.717, 1.165) is 17.1 Å². The van der Waals surface area contributed by atoms with Crippen molar-refractivity contribution in [1.29, 1.82) is 0 Å². The first-order valence-corrected chi connectivity index (χ1v) is 8.40. The lowest BCUT2D eigenvalue weighted by Crippen LogP contribution is -2.27. The molecule has 0 amide bonds. The van der Waals surface area contributed by atoms with Crippen LogP contribution in [-0.2, 0) is 0 Å². The van der Waals surface area contributed by atoms with Gasteiger partial charge in [0.2, 0.25) is 0 Å². The summed E-state index contributed by atoms with van der Waals surface area (Å²) in [6.45, 7) is 0.527. The summed E-state index contributed by atoms with van der Waals surface area (Å²) in [5.41, 5.74) is 2.15. The van der Waals surface area contributed by atoms with E-state index >= 15 is 0 Å². The van der Waals surface area contributed by atoms with Crippen molar-refractivity contribution in [2.75, 3.05) is 20.8 Å². The molecule has 2 unspecified atom stereocenters. The van der Waals surface area contributed by atoms with Gasteiger partial charge in [-0.15, -0.1) is 0 Å². The fourth-order valence-corrected chi connectivity index (χ4v) is 2.98. The minimum absolute atomic E-state index is 0.281. The first-order valence-electron chi connectivity index (χ1n) is 8.40. The maximum absolute atomic E-state index is 10.4. The zero-order chi connectivity index (χ0) is 16.9. The van der Waals surface area contributed by atoms with Gasteiger partial charge in [-0.1, -0.05) is 24.3 Å². The van der Waals surface area contributed by atoms with Crippen LogP contribution in [0, 0.1) is 5.92 Å². The summed E-state index contributed by atoms with van der Waals surface area (Å²) in [7, 11) is 3.32. The van der Waals surface area contributed by atoms with Crippen LogP contribution in [0.3, 0.4) is 0 Å². The molecule has 4 heteroatoms. The second kappa shape index (κ2) is 7.69. The molecule has 0 radical (unpaired) electrons. The SMILES string of the molecule is COc1ccc(C(O)CNC(c2ccc(OC)cc2)C2CC2)cc1. The van der Waals surface area contributed by atoms with E-state index in [1.165, 1.54) is 18.4 Å². The Morgan fingerprint density at radius 2 is 1.42 bits per heavy atom. The van der Waals surface area contributed by atoms with E-state index in [-0.39, 0.29) is 6.04 Å². The molecule has 1 fully saturated rings. The Kier molecular flexibility index (Phi) is 5.38. The number of aliphatic hydroxyl groups excluding tert-OH is 1. The van der Waals surface area contributed by atoms with Crippen molar-refractivity contribution in [1.82, 2.24) is 5.32 Å². The maximum atomic E-state index is 10.4. The Labute approximate surface area is 143 Å². The molecule has 128 valence electrons. The molecule has 2 aromatic rings. The zero-order valence-corrected chi connectivity index (χ0v) is 14.2. The highest BCUT2D eigenvalue weighted by Gasteiger charge is 2.32. The molecular weight excluding hydrogens is 302 g/mol. The van der Waals surface area contributed by atoms with Gasteiger partial charge in [0.05, 0.1) is 20.3 Å². The molecule has 0 saturated heterocycles. The zero-order valence-electron chi connectivity index (χ0n) is 14.2. The van der Waals surface area contributed by atoms with Gasteiger partial charge in [0, 0.05) is 12.6 Å². The van der Waals surface area contributed by atoms with Crippen molar-refractivity contribution in [3.63, 3.8) is 0 Å². The third-order valence-electron chi connectivity index (χ3n) is 4.60. The summed E-state index contributed by atoms with van der Waals surface area (Å²) in [6.07, 6.45) is 1.94. The van der Waals surface area contributed by atoms with E-state index in [1.54, 1.807) is 14.2 Å². The van der Waals surface area contributed by atoms with Crippen molar-refractivity contribution in [2.24, 2.45) is 5.92 Å². The Bertz CT molecular complexity index is 635. The summed E-state index contributed by atoms with van der Waals surface area (Å²) in [6, 6.07) is 16.0. The van der Waals surface area contributed by atoms with Gasteiger partial charge in [-0.05, 0) is 54.2 Å². The number of benzene rings is 2. The van der Waals surface area contributed by atoms with E-state index in [4.69, 9.17) is 9.47 Å². The molecule has 2 N–H and O–H groups in total. The summed E-state index contributed by atoms with van der Waals surface area (Å²) in [4.78, 5) is 0. The van der Waals surface area contributed by atoms with Crippen molar-refractivity contribution in [2.45, 2.75) is 25.0 Å². The molecule has 0 aromatic heterocycles. The van der Waals surface area contributed by atoms with E-state index in [9.17, 15) is 5.11 Å². The molecule has 4 nitrogen and oxygen atoms in total. The summed E-state index contributed by atoms with van der Waals surface area (Å²) in [5, 5.41) is 14.0. The molecular formula is C20H25NO3. The van der Waals surface area contributed by atoms with Gasteiger partial charge in [-0.3, -0.25) is 0 Å². The van der Waals surface area contributed by atoms with E-state index in [1.807, 2.05) is 36.4 Å². The number of methoxy groups -OCH3 is 2. The lowest BCUT2D eigenvalue weighted by Gasteiger charge is -2.21. The third-order valence-corrected chi connectivity index (χ3v) is 4.60. The van der Waals surface area contributed by atoms with Crippen molar-refractivity contribution < 1.29 is 14.6 Å². The van der Waals surface area contributed by atoms with Crippen molar-refractivity contribution in [3.05, 3.63) is 59.7 Å². The van der Waals surface area contributed by atoms with Crippen LogP contribution in [0.1, 0.15) is 36.1 Å². The average molecular weight is 327 g/mol. The highest BCUT2D eigenvalue weighted by molar-refractivity contribution is 5.31. The molecule has 1 aliphatic carbocycles. The smallest absolute Gasteiger partial charge is 0.118 e. The minimum Gasteiger partial charge on any atom is -0.497 e. The molecule has 1 saturated carbocycles. The van der Waals surface area contributed by atoms with E-state index in [2.05, 4.69) is 17.4 Å². The number of ether oxygens (including phenoxy) is 2. The summed E-state index contributed by atoms with van der Waals surface area (Å²) >= 11 is 0. The summed E-state index contributed by atoms with van der Waals surface area (Å²) in [5.74, 6) is 2.32. The van der Waals surface area contributed by atoms with Gasteiger partial charge in [0.25, 0.3) is 0 Å². The monoisotopic (exact) mass is 327 g/mol. The standard InChI is InChI=1S/C20H25NO3/c1-23-17-9-5-14(6-10-17)19(22)13-21-20(15-3-4-15)16-7-11-18(24-2)12-8-16/h5-12,15,19-22H,3-4,13H2,1-2H3. The van der Waals surface area contributed by atoms with Crippen molar-refractivity contribution >= 4 is 0 Å². The van der Waals surface area contributed by atoms with Crippen LogP contribution in [0.2, 0.25) is 0 Å². The van der Waals surface area contributed by atoms with Crippen LogP contribution in [0.4, 0.5) is 0 Å². The lowest BCUT2D eigenvalue weighted by atomic mass is 10.0. The van der Waals surface area contributed by atoms with E-state index < -0.39 is 6.10 Å². The topological polar surface area (TPSA) is 50.7 Å². The third kappa shape index (κ3) is 4.08. The maximum Gasteiger partial charge on any atom is 0.118 e. The van der Waals surface area contributed by atoms with Crippen LogP contribution < -0.4 is 14.8 Å². The molecule has 0 bridgehead atoms. The molecule has 2 aromatic carbocycles. The first-order chi connectivity index (χ1) is 11.7. The second-order valence-electron chi connectivity index (χ2n) is 6.29. The molecule has 0 aliphatic heterocycles. The lowest BCUT2D eigenvalue weighted by molar-refractivity contribution is 0.168. The molecule has 24 heavy (non-hydrogen) atoms. The predicted molar refractivity (Wildman–Crippen MR) is 94.4 cm³/mol. The fraction of sp³-hybridized carbons (Fsp3) is 0.400. The Morgan fingerprint density at radius 1 is 0.917 bits per heavy atom. The summed E-state index contributed by atoms with van der Waals surface area (Å²) < 4.78 is 10.4. The molecule has 1 aliphatic rings. The molecule has 2 atom stereocenters. The van der Waals surface area contributed by atoms with Crippen LogP contribution in [-0.4, -0.2) is 25.9 Å². The predicted octanol–water partition coefficient (Wildman–Crippen LogP) is 3.48. The van der Waals surface area contributed by atoms with Gasteiger partial charge in [0.15, 0.2) is 0 Å². The second-order valence-corrected chi connectivity index (χ2v) is 6.29. The van der Waals surface area contributed by atoms with Crippen LogP contribution in [0.25, 0.3) is 0 Å². The largest absolute Gasteiger partial charge is 0.497 e. The highest BCUT2D eigenvalue weighted by Crippen LogP contribution is 2.41. The van der Waals surface area contributed by atoms with Crippen LogP contribution in [0.15, 0.2) is 48.5 Å². The van der Waals surface area contributed by atoms with Gasteiger partial charge >= 0.3 is 0 Å². The number of hydrogen-bond donors (Lipinski definition) is 2. The van der Waals surface area contributed by atoms with Gasteiger partial charge in [-0.2, -0.15) is 0 Å². The number of hydrogen-bond acceptors (Lipinski definition) is 4. The number of rotatable bonds is 8. The van der Waals surface area contributed by atoms with Crippen molar-refractivity contribution in [3.8, 4) is 11.5 Å². The number of nitrogens with one attached hydrogen (secondary N) is 1. The molecule has 0 spiro atoms. The van der Waals surface area contributed by atoms with Gasteiger partial charge in [0.1, 0.15) is 11.5 Å². The van der Waals surface area contributed by atoms with E-state index in [0.29, 0.717) is 12.5 Å². The highest BCUT2D eigenvalue weighted by atomic mass is 16.5. The quantitative estimate of drug-likeness (QED) is 0.779.